The molecule has 0 spiro atoms. The zero-order valence-corrected chi connectivity index (χ0v) is 12.8. The molecule has 0 amide bonds. The number of nitrogens with one attached hydrogen (secondary N) is 1. The van der Waals surface area contributed by atoms with E-state index in [0.29, 0.717) is 11.5 Å². The summed E-state index contributed by atoms with van der Waals surface area (Å²) in [6.07, 6.45) is 1.44. The standard InChI is InChI=1S/C16H12ClN3O3/c1-23-14-7-13(11(17)6-10(14)16(21)22)20-15-9-4-2-3-5-12(9)18-8-19-15/h2-8H,1H3,(H,21,22)(H,18,19,20)/p-1. The molecule has 3 rings (SSSR count). The monoisotopic (exact) mass is 328 g/mol. The highest BCUT2D eigenvalue weighted by Crippen LogP contribution is 2.33. The molecule has 0 saturated carbocycles. The molecule has 116 valence electrons. The number of hydrogen-bond acceptors (Lipinski definition) is 6. The van der Waals surface area contributed by atoms with Gasteiger partial charge in [0.15, 0.2) is 0 Å². The van der Waals surface area contributed by atoms with E-state index in [0.717, 1.165) is 10.9 Å². The molecule has 2 aromatic carbocycles. The molecule has 0 atom stereocenters. The van der Waals surface area contributed by atoms with E-state index in [2.05, 4.69) is 15.3 Å². The Hall–Kier alpha value is -2.86. The van der Waals surface area contributed by atoms with Gasteiger partial charge in [-0.1, -0.05) is 23.7 Å². The third kappa shape index (κ3) is 2.89. The van der Waals surface area contributed by atoms with Crippen molar-refractivity contribution in [2.75, 3.05) is 12.4 Å². The van der Waals surface area contributed by atoms with E-state index in [1.165, 1.54) is 25.6 Å². The number of benzene rings is 2. The number of anilines is 2. The van der Waals surface area contributed by atoms with Crippen LogP contribution in [-0.2, 0) is 0 Å². The number of nitrogens with zero attached hydrogens (tertiary/aromatic N) is 2. The van der Waals surface area contributed by atoms with Crippen LogP contribution >= 0.6 is 11.6 Å². The normalized spacial score (nSPS) is 10.5. The van der Waals surface area contributed by atoms with Crippen molar-refractivity contribution in [2.45, 2.75) is 0 Å². The van der Waals surface area contributed by atoms with Crippen LogP contribution in [0, 0.1) is 0 Å². The summed E-state index contributed by atoms with van der Waals surface area (Å²) >= 11 is 6.15. The molecule has 23 heavy (non-hydrogen) atoms. The van der Waals surface area contributed by atoms with Crippen molar-refractivity contribution in [3.05, 3.63) is 53.3 Å². The molecule has 3 aromatic rings. The van der Waals surface area contributed by atoms with Crippen molar-refractivity contribution in [3.63, 3.8) is 0 Å². The lowest BCUT2D eigenvalue weighted by atomic mass is 10.1. The number of para-hydroxylation sites is 1. The molecule has 1 N–H and O–H groups in total. The van der Waals surface area contributed by atoms with E-state index in [-0.39, 0.29) is 16.3 Å². The van der Waals surface area contributed by atoms with Crippen LogP contribution in [0.2, 0.25) is 5.02 Å². The summed E-state index contributed by atoms with van der Waals surface area (Å²) in [6, 6.07) is 10.3. The van der Waals surface area contributed by atoms with Crippen LogP contribution in [-0.4, -0.2) is 23.0 Å². The molecule has 1 heterocycles. The largest absolute Gasteiger partial charge is 0.545 e. The van der Waals surface area contributed by atoms with Gasteiger partial charge < -0.3 is 20.0 Å². The van der Waals surface area contributed by atoms with Gasteiger partial charge in [0.25, 0.3) is 0 Å². The smallest absolute Gasteiger partial charge is 0.141 e. The van der Waals surface area contributed by atoms with Gasteiger partial charge in [-0.2, -0.15) is 0 Å². The molecule has 0 bridgehead atoms. The Morgan fingerprint density at radius 3 is 2.78 bits per heavy atom. The predicted octanol–water partition coefficient (Wildman–Crippen LogP) is 2.40. The number of carboxylic acid groups (broad SMARTS) is 1. The van der Waals surface area contributed by atoms with Gasteiger partial charge in [-0.15, -0.1) is 0 Å². The SMILES string of the molecule is COc1cc(Nc2ncnc3ccccc23)c(Cl)cc1C(=O)[O-]. The first-order chi connectivity index (χ1) is 11.1. The molecular weight excluding hydrogens is 318 g/mol. The van der Waals surface area contributed by atoms with Crippen LogP contribution < -0.4 is 15.2 Å². The maximum atomic E-state index is 11.1. The number of ether oxygens (including phenoxy) is 1. The Morgan fingerprint density at radius 1 is 1.26 bits per heavy atom. The van der Waals surface area contributed by atoms with Crippen LogP contribution in [0.4, 0.5) is 11.5 Å². The predicted molar refractivity (Wildman–Crippen MR) is 85.2 cm³/mol. The quantitative estimate of drug-likeness (QED) is 0.791. The number of carboxylic acids is 1. The third-order valence-electron chi connectivity index (χ3n) is 3.30. The Kier molecular flexibility index (Phi) is 3.99. The Balaban J connectivity index is 2.07. The third-order valence-corrected chi connectivity index (χ3v) is 3.62. The van der Waals surface area contributed by atoms with Gasteiger partial charge in [0.1, 0.15) is 17.9 Å². The average molecular weight is 329 g/mol. The number of aromatic carboxylic acids is 1. The second-order valence-corrected chi connectivity index (χ2v) is 5.09. The van der Waals surface area contributed by atoms with Crippen molar-refractivity contribution in [2.24, 2.45) is 0 Å². The van der Waals surface area contributed by atoms with E-state index in [9.17, 15) is 9.90 Å². The van der Waals surface area contributed by atoms with Gasteiger partial charge in [0.05, 0.1) is 29.3 Å². The first-order valence-corrected chi connectivity index (χ1v) is 7.03. The number of rotatable bonds is 4. The molecule has 6 nitrogen and oxygen atoms in total. The number of halogens is 1. The van der Waals surface area contributed by atoms with Gasteiger partial charge in [0, 0.05) is 17.0 Å². The van der Waals surface area contributed by atoms with E-state index in [4.69, 9.17) is 16.3 Å². The Labute approximate surface area is 136 Å². The van der Waals surface area contributed by atoms with Crippen molar-refractivity contribution in [3.8, 4) is 5.75 Å². The maximum absolute atomic E-state index is 11.1. The minimum atomic E-state index is -1.36. The molecule has 0 aliphatic heterocycles. The van der Waals surface area contributed by atoms with E-state index in [1.54, 1.807) is 0 Å². The average Bonchev–Trinajstić information content (AvgIpc) is 2.56. The minimum Gasteiger partial charge on any atom is -0.545 e. The van der Waals surface area contributed by atoms with Gasteiger partial charge in [-0.3, -0.25) is 0 Å². The van der Waals surface area contributed by atoms with Gasteiger partial charge in [-0.25, -0.2) is 9.97 Å². The molecule has 0 radical (unpaired) electrons. The molecule has 0 aliphatic rings. The van der Waals surface area contributed by atoms with Gasteiger partial charge in [0.2, 0.25) is 0 Å². The molecule has 1 aromatic heterocycles. The zero-order valence-electron chi connectivity index (χ0n) is 12.0. The lowest BCUT2D eigenvalue weighted by Crippen LogP contribution is -2.23. The Morgan fingerprint density at radius 2 is 2.04 bits per heavy atom. The zero-order chi connectivity index (χ0) is 16.4. The van der Waals surface area contributed by atoms with Crippen molar-refractivity contribution in [1.29, 1.82) is 0 Å². The highest BCUT2D eigenvalue weighted by atomic mass is 35.5. The number of hydrogen-bond donors (Lipinski definition) is 1. The van der Waals surface area contributed by atoms with Crippen LogP contribution in [0.25, 0.3) is 10.9 Å². The van der Waals surface area contributed by atoms with Gasteiger partial charge in [-0.05, 0) is 18.2 Å². The molecule has 0 saturated heterocycles. The summed E-state index contributed by atoms with van der Waals surface area (Å²) in [5, 5.41) is 15.2. The molecular formula is C16H11ClN3O3-. The van der Waals surface area contributed by atoms with Crippen LogP contribution in [0.5, 0.6) is 5.75 Å². The number of carbonyl (C=O) groups is 1. The number of methoxy groups -OCH3 is 1. The minimum absolute atomic E-state index is 0.115. The fourth-order valence-corrected chi connectivity index (χ4v) is 2.42. The first kappa shape index (κ1) is 15.1. The molecule has 7 heteroatoms. The van der Waals surface area contributed by atoms with E-state index < -0.39 is 5.97 Å². The maximum Gasteiger partial charge on any atom is 0.141 e. The molecule has 0 aliphatic carbocycles. The summed E-state index contributed by atoms with van der Waals surface area (Å²) in [5.74, 6) is -0.654. The highest BCUT2D eigenvalue weighted by Gasteiger charge is 2.12. The highest BCUT2D eigenvalue weighted by molar-refractivity contribution is 6.33. The van der Waals surface area contributed by atoms with Crippen LogP contribution in [0.3, 0.4) is 0 Å². The van der Waals surface area contributed by atoms with Crippen molar-refractivity contribution < 1.29 is 14.6 Å². The summed E-state index contributed by atoms with van der Waals surface area (Å²) in [7, 11) is 1.37. The molecule has 0 unspecified atom stereocenters. The lowest BCUT2D eigenvalue weighted by Gasteiger charge is -2.15. The van der Waals surface area contributed by atoms with E-state index >= 15 is 0 Å². The topological polar surface area (TPSA) is 87.2 Å². The van der Waals surface area contributed by atoms with Gasteiger partial charge >= 0.3 is 0 Å². The van der Waals surface area contributed by atoms with Crippen molar-refractivity contribution in [1.82, 2.24) is 9.97 Å². The van der Waals surface area contributed by atoms with Crippen LogP contribution in [0.15, 0.2) is 42.7 Å². The number of aromatic nitrogens is 2. The Bertz CT molecular complexity index is 894. The number of fused-ring (bicyclic) bond motifs is 1. The fourth-order valence-electron chi connectivity index (χ4n) is 2.21. The van der Waals surface area contributed by atoms with Crippen molar-refractivity contribution >= 4 is 40.0 Å². The lowest BCUT2D eigenvalue weighted by molar-refractivity contribution is -0.255. The fraction of sp³-hybridized carbons (Fsp3) is 0.0625. The molecule has 0 fully saturated rings. The number of carbonyl (C=O) groups excluding carboxylic acids is 1. The van der Waals surface area contributed by atoms with E-state index in [1.807, 2.05) is 24.3 Å². The summed E-state index contributed by atoms with van der Waals surface area (Å²) in [6.45, 7) is 0. The van der Waals surface area contributed by atoms with Crippen LogP contribution in [0.1, 0.15) is 10.4 Å². The summed E-state index contributed by atoms with van der Waals surface area (Å²) in [4.78, 5) is 19.5. The summed E-state index contributed by atoms with van der Waals surface area (Å²) < 4.78 is 5.08. The summed E-state index contributed by atoms with van der Waals surface area (Å²) in [5.41, 5.74) is 1.13. The second kappa shape index (κ2) is 6.10. The second-order valence-electron chi connectivity index (χ2n) is 4.68. The first-order valence-electron chi connectivity index (χ1n) is 6.66.